The Hall–Kier alpha value is -0.860. The lowest BCUT2D eigenvalue weighted by atomic mass is 9.82. The van der Waals surface area contributed by atoms with Crippen LogP contribution in [0.25, 0.3) is 5.57 Å². The molecule has 0 saturated carbocycles. The van der Waals surface area contributed by atoms with Gasteiger partial charge in [0.25, 0.3) is 0 Å². The minimum atomic E-state index is 0.533. The van der Waals surface area contributed by atoms with Gasteiger partial charge in [-0.15, -0.1) is 0 Å². The Morgan fingerprint density at radius 2 is 2.29 bits per heavy atom. The maximum Gasteiger partial charge on any atom is 0.131 e. The highest BCUT2D eigenvalue weighted by molar-refractivity contribution is 6.30. The molecule has 0 unspecified atom stereocenters. The highest BCUT2D eigenvalue weighted by atomic mass is 35.5. The number of nitrogens with zero attached hydrogens (tertiary/aromatic N) is 1. The minimum absolute atomic E-state index is 0.533. The summed E-state index contributed by atoms with van der Waals surface area (Å²) in [5, 5.41) is 4.22. The topological polar surface area (TPSA) is 24.9 Å². The highest BCUT2D eigenvalue weighted by Crippen LogP contribution is 2.36. The largest absolute Gasteiger partial charge is 0.310 e. The first-order chi connectivity index (χ1) is 8.25. The molecule has 3 rings (SSSR count). The number of halogens is 1. The van der Waals surface area contributed by atoms with Crippen molar-refractivity contribution in [3.05, 3.63) is 34.6 Å². The summed E-state index contributed by atoms with van der Waals surface area (Å²) in [5.41, 5.74) is 3.72. The number of pyridine rings is 1. The molecule has 1 aliphatic carbocycles. The fourth-order valence-electron chi connectivity index (χ4n) is 3.03. The Morgan fingerprint density at radius 1 is 1.41 bits per heavy atom. The van der Waals surface area contributed by atoms with Crippen molar-refractivity contribution in [3.8, 4) is 0 Å². The first kappa shape index (κ1) is 11.2. The Bertz CT molecular complexity index is 467. The molecule has 0 bridgehead atoms. The second kappa shape index (κ2) is 4.43. The molecule has 2 aliphatic rings. The SMILES string of the molecule is Cc1cc(C2=CCC[C@@H]3CCN[C@H]23)cnc1Cl. The number of hydrogen-bond acceptors (Lipinski definition) is 2. The van der Waals surface area contributed by atoms with Gasteiger partial charge in [0.1, 0.15) is 5.15 Å². The van der Waals surface area contributed by atoms with E-state index in [4.69, 9.17) is 11.6 Å². The third-order valence-corrected chi connectivity index (χ3v) is 4.33. The van der Waals surface area contributed by atoms with Crippen molar-refractivity contribution in [2.45, 2.75) is 32.2 Å². The van der Waals surface area contributed by atoms with Crippen molar-refractivity contribution in [2.24, 2.45) is 5.92 Å². The predicted molar refractivity (Wildman–Crippen MR) is 71.1 cm³/mol. The molecular weight excluding hydrogens is 232 g/mol. The van der Waals surface area contributed by atoms with Gasteiger partial charge >= 0.3 is 0 Å². The monoisotopic (exact) mass is 248 g/mol. The maximum atomic E-state index is 5.98. The van der Waals surface area contributed by atoms with Gasteiger partial charge in [0.05, 0.1) is 0 Å². The van der Waals surface area contributed by atoms with Crippen LogP contribution in [0.1, 0.15) is 30.4 Å². The van der Waals surface area contributed by atoms with Crippen LogP contribution >= 0.6 is 11.6 Å². The predicted octanol–water partition coefficient (Wildman–Crippen LogP) is 3.20. The average Bonchev–Trinajstić information content (AvgIpc) is 2.80. The van der Waals surface area contributed by atoms with E-state index in [1.807, 2.05) is 13.1 Å². The van der Waals surface area contributed by atoms with Crippen LogP contribution in [0.3, 0.4) is 0 Å². The van der Waals surface area contributed by atoms with Crippen LogP contribution in [0.15, 0.2) is 18.3 Å². The fraction of sp³-hybridized carbons (Fsp3) is 0.500. The van der Waals surface area contributed by atoms with Crippen molar-refractivity contribution in [3.63, 3.8) is 0 Å². The summed E-state index contributed by atoms with van der Waals surface area (Å²) < 4.78 is 0. The van der Waals surface area contributed by atoms with Gasteiger partial charge in [0.15, 0.2) is 0 Å². The molecule has 2 atom stereocenters. The second-order valence-corrected chi connectivity index (χ2v) is 5.41. The van der Waals surface area contributed by atoms with E-state index >= 15 is 0 Å². The number of nitrogens with one attached hydrogen (secondary N) is 1. The number of hydrogen-bond donors (Lipinski definition) is 1. The van der Waals surface area contributed by atoms with Gasteiger partial charge in [-0.2, -0.15) is 0 Å². The van der Waals surface area contributed by atoms with Crippen molar-refractivity contribution in [1.82, 2.24) is 10.3 Å². The van der Waals surface area contributed by atoms with Crippen molar-refractivity contribution in [2.75, 3.05) is 6.54 Å². The molecule has 1 fully saturated rings. The zero-order chi connectivity index (χ0) is 11.8. The van der Waals surface area contributed by atoms with Gasteiger partial charge in [-0.25, -0.2) is 4.98 Å². The summed E-state index contributed by atoms with van der Waals surface area (Å²) in [6, 6.07) is 2.69. The molecule has 3 heteroatoms. The molecule has 2 nitrogen and oxygen atoms in total. The molecule has 0 amide bonds. The van der Waals surface area contributed by atoms with E-state index in [1.54, 1.807) is 0 Å². The lowest BCUT2D eigenvalue weighted by Gasteiger charge is -2.27. The first-order valence-corrected chi connectivity index (χ1v) is 6.69. The molecule has 0 spiro atoms. The lowest BCUT2D eigenvalue weighted by molar-refractivity contribution is 0.470. The normalized spacial score (nSPS) is 27.8. The molecule has 1 aromatic heterocycles. The van der Waals surface area contributed by atoms with E-state index in [1.165, 1.54) is 30.4 Å². The van der Waals surface area contributed by atoms with Gasteiger partial charge < -0.3 is 5.32 Å². The third kappa shape index (κ3) is 2.00. The van der Waals surface area contributed by atoms with Crippen LogP contribution in [0.4, 0.5) is 0 Å². The molecule has 17 heavy (non-hydrogen) atoms. The Morgan fingerprint density at radius 3 is 3.12 bits per heavy atom. The van der Waals surface area contributed by atoms with E-state index in [0.29, 0.717) is 11.2 Å². The Labute approximate surface area is 107 Å². The first-order valence-electron chi connectivity index (χ1n) is 6.31. The maximum absolute atomic E-state index is 5.98. The van der Waals surface area contributed by atoms with Crippen molar-refractivity contribution >= 4 is 17.2 Å². The summed E-state index contributed by atoms with van der Waals surface area (Å²) in [5.74, 6) is 0.811. The van der Waals surface area contributed by atoms with Crippen LogP contribution < -0.4 is 5.32 Å². The average molecular weight is 249 g/mol. The molecule has 90 valence electrons. The van der Waals surface area contributed by atoms with Crippen LogP contribution in [-0.4, -0.2) is 17.6 Å². The molecule has 1 saturated heterocycles. The quantitative estimate of drug-likeness (QED) is 0.772. The number of rotatable bonds is 1. The fourth-order valence-corrected chi connectivity index (χ4v) is 3.13. The summed E-state index contributed by atoms with van der Waals surface area (Å²) in [4.78, 5) is 4.26. The second-order valence-electron chi connectivity index (χ2n) is 5.05. The molecule has 2 heterocycles. The lowest BCUT2D eigenvalue weighted by Crippen LogP contribution is -2.30. The van der Waals surface area contributed by atoms with E-state index < -0.39 is 0 Å². The summed E-state index contributed by atoms with van der Waals surface area (Å²) in [6.45, 7) is 3.16. The van der Waals surface area contributed by atoms with Gasteiger partial charge in [-0.1, -0.05) is 17.7 Å². The molecular formula is C14H17ClN2. The number of allylic oxidation sites excluding steroid dienone is 1. The Balaban J connectivity index is 1.97. The van der Waals surface area contributed by atoms with Crippen molar-refractivity contribution in [1.29, 1.82) is 0 Å². The molecule has 1 N–H and O–H groups in total. The number of fused-ring (bicyclic) bond motifs is 1. The van der Waals surface area contributed by atoms with E-state index in [0.717, 1.165) is 18.0 Å². The van der Waals surface area contributed by atoms with Crippen LogP contribution in [0, 0.1) is 12.8 Å². The molecule has 0 aromatic carbocycles. The summed E-state index contributed by atoms with van der Waals surface area (Å²) >= 11 is 5.98. The number of aryl methyl sites for hydroxylation is 1. The zero-order valence-electron chi connectivity index (χ0n) is 10.0. The van der Waals surface area contributed by atoms with Crippen LogP contribution in [-0.2, 0) is 0 Å². The molecule has 1 aromatic rings. The zero-order valence-corrected chi connectivity index (χ0v) is 10.8. The molecule has 1 aliphatic heterocycles. The summed E-state index contributed by atoms with van der Waals surface area (Å²) in [6.07, 6.45) is 8.09. The van der Waals surface area contributed by atoms with E-state index in [9.17, 15) is 0 Å². The van der Waals surface area contributed by atoms with Crippen LogP contribution in [0.2, 0.25) is 5.15 Å². The van der Waals surface area contributed by atoms with E-state index in [2.05, 4.69) is 22.4 Å². The smallest absolute Gasteiger partial charge is 0.131 e. The molecule has 0 radical (unpaired) electrons. The number of aromatic nitrogens is 1. The van der Waals surface area contributed by atoms with Gasteiger partial charge in [0.2, 0.25) is 0 Å². The third-order valence-electron chi connectivity index (χ3n) is 3.94. The van der Waals surface area contributed by atoms with Gasteiger partial charge in [-0.05, 0) is 61.4 Å². The van der Waals surface area contributed by atoms with E-state index in [-0.39, 0.29) is 0 Å². The summed E-state index contributed by atoms with van der Waals surface area (Å²) in [7, 11) is 0. The van der Waals surface area contributed by atoms with Crippen molar-refractivity contribution < 1.29 is 0 Å². The highest BCUT2D eigenvalue weighted by Gasteiger charge is 2.32. The van der Waals surface area contributed by atoms with Gasteiger partial charge in [0, 0.05) is 12.2 Å². The van der Waals surface area contributed by atoms with Gasteiger partial charge in [-0.3, -0.25) is 0 Å². The van der Waals surface area contributed by atoms with Crippen LogP contribution in [0.5, 0.6) is 0 Å². The standard InChI is InChI=1S/C14H17ClN2/c1-9-7-11(8-17-14(9)15)12-4-2-3-10-5-6-16-13(10)12/h4,7-8,10,13,16H,2-3,5-6H2,1H3/t10-,13+/m1/s1. The Kier molecular flexibility index (Phi) is 2.93. The minimum Gasteiger partial charge on any atom is -0.310 e.